The summed E-state index contributed by atoms with van der Waals surface area (Å²) in [6.45, 7) is 6.42. The predicted octanol–water partition coefficient (Wildman–Crippen LogP) is 3.38. The lowest BCUT2D eigenvalue weighted by Gasteiger charge is -2.22. The summed E-state index contributed by atoms with van der Waals surface area (Å²) in [6.07, 6.45) is 3.72. The van der Waals surface area contributed by atoms with Gasteiger partial charge >= 0.3 is 0 Å². The van der Waals surface area contributed by atoms with Crippen molar-refractivity contribution in [1.82, 2.24) is 14.9 Å². The first kappa shape index (κ1) is 17.9. The number of hydrogen-bond acceptors (Lipinski definition) is 4. The van der Waals surface area contributed by atoms with Gasteiger partial charge in [-0.3, -0.25) is 4.79 Å². The van der Waals surface area contributed by atoms with Crippen molar-refractivity contribution in [3.05, 3.63) is 53.9 Å². The Morgan fingerprint density at radius 3 is 2.54 bits per heavy atom. The Kier molecular flexibility index (Phi) is 6.73. The van der Waals surface area contributed by atoms with Crippen molar-refractivity contribution in [2.45, 2.75) is 33.2 Å². The van der Waals surface area contributed by atoms with E-state index in [2.05, 4.69) is 40.8 Å². The molecule has 1 aromatic carbocycles. The van der Waals surface area contributed by atoms with Crippen molar-refractivity contribution in [3.8, 4) is 0 Å². The van der Waals surface area contributed by atoms with Gasteiger partial charge in [0.2, 0.25) is 5.95 Å². The van der Waals surface area contributed by atoms with Gasteiger partial charge in [0.25, 0.3) is 5.91 Å². The molecule has 0 radical (unpaired) electrons. The molecule has 0 aliphatic rings. The van der Waals surface area contributed by atoms with Crippen LogP contribution in [0.5, 0.6) is 0 Å². The minimum Gasteiger partial charge on any atom is -0.340 e. The van der Waals surface area contributed by atoms with E-state index < -0.39 is 0 Å². The maximum atomic E-state index is 12.5. The zero-order valence-electron chi connectivity index (χ0n) is 14.8. The molecule has 0 fully saturated rings. The first-order chi connectivity index (χ1) is 11.7. The first-order valence-corrected chi connectivity index (χ1v) is 8.53. The lowest BCUT2D eigenvalue weighted by Crippen LogP contribution is -2.30. The molecular weight excluding hydrogens is 300 g/mol. The lowest BCUT2D eigenvalue weighted by molar-refractivity contribution is 0.0787. The quantitative estimate of drug-likeness (QED) is 0.746. The minimum absolute atomic E-state index is 0.0529. The number of amides is 1. The highest BCUT2D eigenvalue weighted by Crippen LogP contribution is 2.13. The van der Waals surface area contributed by atoms with E-state index in [0.29, 0.717) is 11.6 Å². The number of carbonyl (C=O) groups excluding carboxylic acids is 1. The molecule has 0 bridgehead atoms. The molecule has 0 aliphatic carbocycles. The van der Waals surface area contributed by atoms with Crippen molar-refractivity contribution < 1.29 is 4.79 Å². The van der Waals surface area contributed by atoms with Gasteiger partial charge in [-0.15, -0.1) is 0 Å². The monoisotopic (exact) mass is 326 g/mol. The highest BCUT2D eigenvalue weighted by Gasteiger charge is 2.16. The van der Waals surface area contributed by atoms with Gasteiger partial charge in [-0.05, 0) is 25.0 Å². The molecule has 0 saturated heterocycles. The second-order valence-electron chi connectivity index (χ2n) is 5.82. The standard InChI is InChI=1S/C19H26N4O/c1-4-6-14-22(3)18(24)17-12-13-20-19(21-17)23(5-2)15-16-10-8-7-9-11-16/h7-13H,4-6,14-15H2,1-3H3. The fraction of sp³-hybridized carbons (Fsp3) is 0.421. The Morgan fingerprint density at radius 1 is 1.12 bits per heavy atom. The molecule has 2 aromatic rings. The van der Waals surface area contributed by atoms with Gasteiger partial charge < -0.3 is 9.80 Å². The second kappa shape index (κ2) is 9.01. The number of nitrogens with zero attached hydrogens (tertiary/aromatic N) is 4. The summed E-state index contributed by atoms with van der Waals surface area (Å²) in [7, 11) is 1.82. The van der Waals surface area contributed by atoms with E-state index in [9.17, 15) is 4.79 Å². The van der Waals surface area contributed by atoms with Crippen LogP contribution in [0, 0.1) is 0 Å². The maximum Gasteiger partial charge on any atom is 0.272 e. The molecule has 5 heteroatoms. The zero-order valence-corrected chi connectivity index (χ0v) is 14.8. The molecule has 24 heavy (non-hydrogen) atoms. The minimum atomic E-state index is -0.0529. The van der Waals surface area contributed by atoms with Crippen LogP contribution >= 0.6 is 0 Å². The third kappa shape index (κ3) is 4.78. The normalized spacial score (nSPS) is 10.5. The van der Waals surface area contributed by atoms with Crippen LogP contribution in [0.25, 0.3) is 0 Å². The Balaban J connectivity index is 2.14. The predicted molar refractivity (Wildman–Crippen MR) is 97.1 cm³/mol. The van der Waals surface area contributed by atoms with E-state index in [0.717, 1.165) is 32.5 Å². The smallest absolute Gasteiger partial charge is 0.272 e. The van der Waals surface area contributed by atoms with Crippen LogP contribution in [0.3, 0.4) is 0 Å². The van der Waals surface area contributed by atoms with Crippen molar-refractivity contribution in [2.75, 3.05) is 25.0 Å². The summed E-state index contributed by atoms with van der Waals surface area (Å²) in [5, 5.41) is 0. The summed E-state index contributed by atoms with van der Waals surface area (Å²) in [6, 6.07) is 11.9. The Labute approximate surface area is 144 Å². The molecule has 0 atom stereocenters. The van der Waals surface area contributed by atoms with Crippen molar-refractivity contribution in [1.29, 1.82) is 0 Å². The zero-order chi connectivity index (χ0) is 17.4. The molecule has 1 amide bonds. The van der Waals surface area contributed by atoms with Gasteiger partial charge in [0.1, 0.15) is 5.69 Å². The third-order valence-electron chi connectivity index (χ3n) is 3.94. The molecule has 2 rings (SSSR count). The summed E-state index contributed by atoms with van der Waals surface area (Å²) in [5.74, 6) is 0.541. The molecule has 1 aromatic heterocycles. The third-order valence-corrected chi connectivity index (χ3v) is 3.94. The van der Waals surface area contributed by atoms with E-state index in [-0.39, 0.29) is 5.91 Å². The van der Waals surface area contributed by atoms with Crippen LogP contribution in [-0.2, 0) is 6.54 Å². The van der Waals surface area contributed by atoms with Crippen molar-refractivity contribution >= 4 is 11.9 Å². The lowest BCUT2D eigenvalue weighted by atomic mass is 10.2. The van der Waals surface area contributed by atoms with Crippen molar-refractivity contribution in [3.63, 3.8) is 0 Å². The summed E-state index contributed by atoms with van der Waals surface area (Å²) >= 11 is 0. The molecule has 5 nitrogen and oxygen atoms in total. The average molecular weight is 326 g/mol. The van der Waals surface area contributed by atoms with Gasteiger partial charge in [0.05, 0.1) is 0 Å². The average Bonchev–Trinajstić information content (AvgIpc) is 2.64. The van der Waals surface area contributed by atoms with Gasteiger partial charge in [-0.1, -0.05) is 43.7 Å². The van der Waals surface area contributed by atoms with Crippen LogP contribution in [0.15, 0.2) is 42.6 Å². The maximum absolute atomic E-state index is 12.5. The number of hydrogen-bond donors (Lipinski definition) is 0. The fourth-order valence-electron chi connectivity index (χ4n) is 2.44. The van der Waals surface area contributed by atoms with Crippen LogP contribution in [0.1, 0.15) is 42.7 Å². The molecular formula is C19H26N4O. The van der Waals surface area contributed by atoms with Crippen molar-refractivity contribution in [2.24, 2.45) is 0 Å². The number of aromatic nitrogens is 2. The number of rotatable bonds is 8. The Hall–Kier alpha value is -2.43. The second-order valence-corrected chi connectivity index (χ2v) is 5.82. The van der Waals surface area contributed by atoms with E-state index in [1.165, 1.54) is 5.56 Å². The largest absolute Gasteiger partial charge is 0.340 e. The van der Waals surface area contributed by atoms with E-state index in [4.69, 9.17) is 0 Å². The first-order valence-electron chi connectivity index (χ1n) is 8.53. The summed E-state index contributed by atoms with van der Waals surface area (Å²) < 4.78 is 0. The summed E-state index contributed by atoms with van der Waals surface area (Å²) in [5.41, 5.74) is 1.64. The highest BCUT2D eigenvalue weighted by atomic mass is 16.2. The van der Waals surface area contributed by atoms with Gasteiger partial charge in [-0.25, -0.2) is 9.97 Å². The molecule has 1 heterocycles. The van der Waals surface area contributed by atoms with Crippen LogP contribution < -0.4 is 4.90 Å². The van der Waals surface area contributed by atoms with Gasteiger partial charge in [-0.2, -0.15) is 0 Å². The SMILES string of the molecule is CCCCN(C)C(=O)c1ccnc(N(CC)Cc2ccccc2)n1. The van der Waals surface area contributed by atoms with Gasteiger partial charge in [0.15, 0.2) is 0 Å². The van der Waals surface area contributed by atoms with E-state index in [1.54, 1.807) is 17.2 Å². The number of anilines is 1. The molecule has 0 saturated carbocycles. The van der Waals surface area contributed by atoms with Gasteiger partial charge in [0, 0.05) is 32.9 Å². The Morgan fingerprint density at radius 2 is 1.88 bits per heavy atom. The van der Waals surface area contributed by atoms with E-state index in [1.807, 2.05) is 25.2 Å². The molecule has 0 unspecified atom stereocenters. The molecule has 0 aliphatic heterocycles. The number of benzene rings is 1. The summed E-state index contributed by atoms with van der Waals surface area (Å²) in [4.78, 5) is 25.1. The Bertz CT molecular complexity index is 645. The molecule has 128 valence electrons. The topological polar surface area (TPSA) is 49.3 Å². The van der Waals surface area contributed by atoms with E-state index >= 15 is 0 Å². The van der Waals surface area contributed by atoms with Crippen LogP contribution in [-0.4, -0.2) is 40.9 Å². The fourth-order valence-corrected chi connectivity index (χ4v) is 2.44. The van der Waals surface area contributed by atoms with Crippen LogP contribution in [0.2, 0.25) is 0 Å². The number of carbonyl (C=O) groups is 1. The number of unbranched alkanes of at least 4 members (excludes halogenated alkanes) is 1. The molecule has 0 N–H and O–H groups in total. The highest BCUT2D eigenvalue weighted by molar-refractivity contribution is 5.92. The molecule has 0 spiro atoms. The van der Waals surface area contributed by atoms with Crippen LogP contribution in [0.4, 0.5) is 5.95 Å².